The number of rotatable bonds is 7. The van der Waals surface area contributed by atoms with Gasteiger partial charge in [-0.25, -0.2) is 0 Å². The highest BCUT2D eigenvalue weighted by Crippen LogP contribution is 2.28. The molecule has 1 unspecified atom stereocenters. The summed E-state index contributed by atoms with van der Waals surface area (Å²) in [6.07, 6.45) is 3.85. The van der Waals surface area contributed by atoms with E-state index < -0.39 is 0 Å². The van der Waals surface area contributed by atoms with Crippen molar-refractivity contribution in [1.29, 1.82) is 0 Å². The minimum Gasteiger partial charge on any atom is -0.497 e. The first-order chi connectivity index (χ1) is 9.26. The van der Waals surface area contributed by atoms with Gasteiger partial charge in [-0.1, -0.05) is 19.1 Å². The lowest BCUT2D eigenvalue weighted by Crippen LogP contribution is -2.46. The first-order valence-corrected chi connectivity index (χ1v) is 7.28. The molecule has 19 heavy (non-hydrogen) atoms. The van der Waals surface area contributed by atoms with Gasteiger partial charge in [0.05, 0.1) is 13.2 Å². The van der Waals surface area contributed by atoms with Crippen molar-refractivity contribution < 1.29 is 9.47 Å². The van der Waals surface area contributed by atoms with Gasteiger partial charge in [-0.15, -0.1) is 0 Å². The van der Waals surface area contributed by atoms with Gasteiger partial charge in [-0.3, -0.25) is 0 Å². The third kappa shape index (κ3) is 3.71. The van der Waals surface area contributed by atoms with E-state index in [1.54, 1.807) is 7.11 Å². The Bertz CT molecular complexity index is 371. The van der Waals surface area contributed by atoms with Crippen molar-refractivity contribution in [2.45, 2.75) is 51.3 Å². The lowest BCUT2D eigenvalue weighted by molar-refractivity contribution is -0.0126. The highest BCUT2D eigenvalue weighted by Gasteiger charge is 2.30. The fraction of sp³-hybridized carbons (Fsp3) is 0.625. The summed E-state index contributed by atoms with van der Waals surface area (Å²) in [4.78, 5) is 0. The molecule has 1 N–H and O–H groups in total. The molecule has 2 rings (SSSR count). The highest BCUT2D eigenvalue weighted by molar-refractivity contribution is 5.29. The fourth-order valence-corrected chi connectivity index (χ4v) is 2.64. The van der Waals surface area contributed by atoms with Gasteiger partial charge >= 0.3 is 0 Å². The average Bonchev–Trinajstić information content (AvgIpc) is 2.41. The average molecular weight is 263 g/mol. The van der Waals surface area contributed by atoms with Gasteiger partial charge in [-0.05, 0) is 43.9 Å². The summed E-state index contributed by atoms with van der Waals surface area (Å²) >= 11 is 0. The Morgan fingerprint density at radius 1 is 1.21 bits per heavy atom. The third-order valence-electron chi connectivity index (χ3n) is 3.86. The number of methoxy groups -OCH3 is 1. The Labute approximate surface area is 116 Å². The molecule has 3 heteroatoms. The first-order valence-electron chi connectivity index (χ1n) is 7.28. The van der Waals surface area contributed by atoms with E-state index in [1.807, 2.05) is 12.1 Å². The lowest BCUT2D eigenvalue weighted by Gasteiger charge is -2.38. The normalized spacial score (nSPS) is 23.7. The Morgan fingerprint density at radius 3 is 2.42 bits per heavy atom. The summed E-state index contributed by atoms with van der Waals surface area (Å²) in [5, 5.41) is 3.72. The van der Waals surface area contributed by atoms with E-state index in [4.69, 9.17) is 9.47 Å². The zero-order chi connectivity index (χ0) is 13.7. The monoisotopic (exact) mass is 263 g/mol. The Hall–Kier alpha value is -1.06. The molecule has 1 saturated carbocycles. The molecule has 0 saturated heterocycles. The van der Waals surface area contributed by atoms with E-state index in [-0.39, 0.29) is 0 Å². The number of hydrogen-bond acceptors (Lipinski definition) is 3. The van der Waals surface area contributed by atoms with Crippen LogP contribution in [0.4, 0.5) is 0 Å². The van der Waals surface area contributed by atoms with Gasteiger partial charge in [0.1, 0.15) is 5.75 Å². The molecule has 0 radical (unpaired) electrons. The van der Waals surface area contributed by atoms with E-state index in [1.165, 1.54) is 5.56 Å². The molecule has 1 aliphatic rings. The molecular formula is C16H25NO2. The van der Waals surface area contributed by atoms with Crippen LogP contribution in [-0.4, -0.2) is 25.9 Å². The predicted octanol–water partition coefficient (Wildman–Crippen LogP) is 3.30. The summed E-state index contributed by atoms with van der Waals surface area (Å²) in [5.74, 6) is 0.915. The van der Waals surface area contributed by atoms with Crippen LogP contribution in [0.25, 0.3) is 0 Å². The quantitative estimate of drug-likeness (QED) is 0.818. The van der Waals surface area contributed by atoms with Crippen LogP contribution in [0.15, 0.2) is 24.3 Å². The van der Waals surface area contributed by atoms with Crippen LogP contribution in [0.2, 0.25) is 0 Å². The summed E-state index contributed by atoms with van der Waals surface area (Å²) in [5.41, 5.74) is 1.34. The van der Waals surface area contributed by atoms with Gasteiger partial charge in [0.15, 0.2) is 0 Å². The minimum atomic E-state index is 0.429. The fourth-order valence-electron chi connectivity index (χ4n) is 2.64. The maximum Gasteiger partial charge on any atom is 0.118 e. The molecule has 1 aliphatic carbocycles. The number of ether oxygens (including phenoxy) is 2. The predicted molar refractivity (Wildman–Crippen MR) is 77.6 cm³/mol. The van der Waals surface area contributed by atoms with Crippen molar-refractivity contribution in [2.75, 3.05) is 13.7 Å². The molecule has 106 valence electrons. The zero-order valence-electron chi connectivity index (χ0n) is 12.2. The minimum absolute atomic E-state index is 0.429. The van der Waals surface area contributed by atoms with Crippen LogP contribution in [0.3, 0.4) is 0 Å². The van der Waals surface area contributed by atoms with Crippen molar-refractivity contribution in [3.05, 3.63) is 29.8 Å². The molecule has 0 aromatic heterocycles. The van der Waals surface area contributed by atoms with Crippen LogP contribution < -0.4 is 10.1 Å². The van der Waals surface area contributed by atoms with Crippen LogP contribution in [0.1, 0.15) is 44.7 Å². The highest BCUT2D eigenvalue weighted by atomic mass is 16.5. The summed E-state index contributed by atoms with van der Waals surface area (Å²) in [7, 11) is 1.70. The second-order valence-electron chi connectivity index (χ2n) is 5.15. The van der Waals surface area contributed by atoms with Crippen molar-refractivity contribution in [1.82, 2.24) is 5.32 Å². The molecule has 0 spiro atoms. The standard InChI is InChI=1S/C16H25NO2/c1-4-16(12-6-8-14(18-3)9-7-12)17-13-10-15(11-13)19-5-2/h6-9,13,15-17H,4-5,10-11H2,1-3H3. The summed E-state index contributed by atoms with van der Waals surface area (Å²) < 4.78 is 10.8. The van der Waals surface area contributed by atoms with E-state index in [0.717, 1.165) is 31.6 Å². The second kappa shape index (κ2) is 6.92. The Morgan fingerprint density at radius 2 is 1.89 bits per heavy atom. The van der Waals surface area contributed by atoms with Gasteiger partial charge in [0.2, 0.25) is 0 Å². The van der Waals surface area contributed by atoms with Crippen molar-refractivity contribution in [3.8, 4) is 5.75 Å². The molecule has 0 amide bonds. The third-order valence-corrected chi connectivity index (χ3v) is 3.86. The number of nitrogens with one attached hydrogen (secondary N) is 1. The largest absolute Gasteiger partial charge is 0.497 e. The van der Waals surface area contributed by atoms with Crippen molar-refractivity contribution in [3.63, 3.8) is 0 Å². The molecular weight excluding hydrogens is 238 g/mol. The lowest BCUT2D eigenvalue weighted by atomic mass is 9.87. The molecule has 0 heterocycles. The second-order valence-corrected chi connectivity index (χ2v) is 5.15. The SMILES string of the molecule is CCOC1CC(NC(CC)c2ccc(OC)cc2)C1. The Kier molecular flexibility index (Phi) is 5.23. The maximum absolute atomic E-state index is 5.60. The van der Waals surface area contributed by atoms with Crippen molar-refractivity contribution >= 4 is 0 Å². The maximum atomic E-state index is 5.60. The first kappa shape index (κ1) is 14.4. The molecule has 1 fully saturated rings. The van der Waals surface area contributed by atoms with Crippen LogP contribution in [0.5, 0.6) is 5.75 Å². The van der Waals surface area contributed by atoms with E-state index in [2.05, 4.69) is 31.3 Å². The number of hydrogen-bond donors (Lipinski definition) is 1. The zero-order valence-corrected chi connectivity index (χ0v) is 12.2. The van der Waals surface area contributed by atoms with Crippen LogP contribution in [0, 0.1) is 0 Å². The molecule has 0 aliphatic heterocycles. The molecule has 1 aromatic rings. The molecule has 1 atom stereocenters. The topological polar surface area (TPSA) is 30.5 Å². The summed E-state index contributed by atoms with van der Waals surface area (Å²) in [6.45, 7) is 5.11. The van der Waals surface area contributed by atoms with Crippen LogP contribution in [-0.2, 0) is 4.74 Å². The van der Waals surface area contributed by atoms with E-state index in [0.29, 0.717) is 18.2 Å². The van der Waals surface area contributed by atoms with Gasteiger partial charge in [0, 0.05) is 18.7 Å². The molecule has 3 nitrogen and oxygen atoms in total. The van der Waals surface area contributed by atoms with Gasteiger partial charge in [0.25, 0.3) is 0 Å². The smallest absolute Gasteiger partial charge is 0.118 e. The number of benzene rings is 1. The van der Waals surface area contributed by atoms with E-state index in [9.17, 15) is 0 Å². The van der Waals surface area contributed by atoms with Gasteiger partial charge in [-0.2, -0.15) is 0 Å². The van der Waals surface area contributed by atoms with Crippen molar-refractivity contribution in [2.24, 2.45) is 0 Å². The molecule has 1 aromatic carbocycles. The summed E-state index contributed by atoms with van der Waals surface area (Å²) in [6, 6.07) is 9.40. The van der Waals surface area contributed by atoms with E-state index >= 15 is 0 Å². The van der Waals surface area contributed by atoms with Crippen LogP contribution >= 0.6 is 0 Å². The van der Waals surface area contributed by atoms with Gasteiger partial charge < -0.3 is 14.8 Å². The Balaban J connectivity index is 1.86. The molecule has 0 bridgehead atoms.